The van der Waals surface area contributed by atoms with Crippen molar-refractivity contribution < 1.29 is 9.52 Å². The van der Waals surface area contributed by atoms with Crippen LogP contribution in [0.4, 0.5) is 0 Å². The molecule has 1 aromatic rings. The highest BCUT2D eigenvalue weighted by atomic mass is 16.4. The molecule has 5 heteroatoms. The number of rotatable bonds is 3. The average Bonchev–Trinajstić information content (AvgIpc) is 2.65. The fourth-order valence-corrected chi connectivity index (χ4v) is 2.19. The van der Waals surface area contributed by atoms with Crippen molar-refractivity contribution in [2.24, 2.45) is 5.92 Å². The molecule has 1 unspecified atom stereocenters. The van der Waals surface area contributed by atoms with Crippen LogP contribution in [-0.4, -0.2) is 39.4 Å². The van der Waals surface area contributed by atoms with Gasteiger partial charge in [0.1, 0.15) is 0 Å². The lowest BCUT2D eigenvalue weighted by Gasteiger charge is -2.32. The molecule has 2 heterocycles. The summed E-state index contributed by atoms with van der Waals surface area (Å²) in [5, 5.41) is 17.3. The van der Waals surface area contributed by atoms with Crippen LogP contribution in [0.15, 0.2) is 4.42 Å². The number of likely N-dealkylation sites (tertiary alicyclic amines) is 1. The van der Waals surface area contributed by atoms with Gasteiger partial charge >= 0.3 is 0 Å². The lowest BCUT2D eigenvalue weighted by atomic mass is 9.92. The van der Waals surface area contributed by atoms with Crippen molar-refractivity contribution in [2.75, 3.05) is 13.1 Å². The van der Waals surface area contributed by atoms with E-state index in [0.717, 1.165) is 32.5 Å². The summed E-state index contributed by atoms with van der Waals surface area (Å²) in [6, 6.07) is 0. The Balaban J connectivity index is 1.81. The second-order valence-electron chi connectivity index (χ2n) is 4.57. The molecule has 0 saturated carbocycles. The van der Waals surface area contributed by atoms with Gasteiger partial charge in [0, 0.05) is 6.92 Å². The largest absolute Gasteiger partial charge is 0.424 e. The number of hydrogen-bond donors (Lipinski definition) is 1. The Morgan fingerprint density at radius 3 is 2.62 bits per heavy atom. The van der Waals surface area contributed by atoms with E-state index in [4.69, 9.17) is 4.42 Å². The second-order valence-corrected chi connectivity index (χ2v) is 4.57. The monoisotopic (exact) mass is 225 g/mol. The predicted molar refractivity (Wildman–Crippen MR) is 58.7 cm³/mol. The van der Waals surface area contributed by atoms with Crippen molar-refractivity contribution in [3.63, 3.8) is 0 Å². The lowest BCUT2D eigenvalue weighted by Crippen LogP contribution is -2.36. The van der Waals surface area contributed by atoms with Crippen LogP contribution >= 0.6 is 0 Å². The highest BCUT2D eigenvalue weighted by Gasteiger charge is 2.23. The van der Waals surface area contributed by atoms with E-state index in [0.29, 0.717) is 17.7 Å². The summed E-state index contributed by atoms with van der Waals surface area (Å²) < 4.78 is 5.35. The maximum Gasteiger partial charge on any atom is 0.230 e. The Hall–Kier alpha value is -0.940. The van der Waals surface area contributed by atoms with Crippen LogP contribution in [-0.2, 0) is 6.54 Å². The average molecular weight is 225 g/mol. The quantitative estimate of drug-likeness (QED) is 0.830. The first kappa shape index (κ1) is 11.5. The zero-order chi connectivity index (χ0) is 11.5. The van der Waals surface area contributed by atoms with Gasteiger partial charge in [-0.3, -0.25) is 4.90 Å². The second kappa shape index (κ2) is 4.93. The highest BCUT2D eigenvalue weighted by molar-refractivity contribution is 4.82. The predicted octanol–water partition coefficient (Wildman–Crippen LogP) is 0.971. The van der Waals surface area contributed by atoms with Crippen molar-refractivity contribution in [1.82, 2.24) is 15.1 Å². The molecule has 1 atom stereocenters. The maximum atomic E-state index is 9.50. The molecule has 1 N–H and O–H groups in total. The van der Waals surface area contributed by atoms with Gasteiger partial charge in [0.25, 0.3) is 0 Å². The molecule has 1 aliphatic heterocycles. The van der Waals surface area contributed by atoms with Gasteiger partial charge in [0.2, 0.25) is 11.8 Å². The van der Waals surface area contributed by atoms with Crippen LogP contribution in [0.3, 0.4) is 0 Å². The van der Waals surface area contributed by atoms with Gasteiger partial charge in [0.15, 0.2) is 0 Å². The number of aryl methyl sites for hydroxylation is 1. The molecule has 16 heavy (non-hydrogen) atoms. The fraction of sp³-hybridized carbons (Fsp3) is 0.818. The zero-order valence-corrected chi connectivity index (χ0v) is 9.89. The summed E-state index contributed by atoms with van der Waals surface area (Å²) in [6.07, 6.45) is 1.91. The molecule has 1 saturated heterocycles. The summed E-state index contributed by atoms with van der Waals surface area (Å²) in [7, 11) is 0. The van der Waals surface area contributed by atoms with Crippen LogP contribution in [0.1, 0.15) is 31.5 Å². The molecule has 1 fully saturated rings. The molecule has 0 aromatic carbocycles. The molecule has 1 aromatic heterocycles. The first-order valence-corrected chi connectivity index (χ1v) is 5.84. The van der Waals surface area contributed by atoms with Crippen LogP contribution in [0.5, 0.6) is 0 Å². The third-order valence-corrected chi connectivity index (χ3v) is 3.24. The topological polar surface area (TPSA) is 62.4 Å². The third-order valence-electron chi connectivity index (χ3n) is 3.24. The minimum absolute atomic E-state index is 0.187. The third kappa shape index (κ3) is 2.80. The van der Waals surface area contributed by atoms with Gasteiger partial charge in [-0.05, 0) is 38.8 Å². The number of aliphatic hydroxyl groups is 1. The first-order valence-electron chi connectivity index (χ1n) is 5.84. The van der Waals surface area contributed by atoms with E-state index < -0.39 is 0 Å². The van der Waals surface area contributed by atoms with Crippen LogP contribution in [0.2, 0.25) is 0 Å². The molecule has 90 valence electrons. The molecule has 1 aliphatic rings. The normalized spacial score (nSPS) is 21.2. The van der Waals surface area contributed by atoms with E-state index in [1.165, 1.54) is 0 Å². The van der Waals surface area contributed by atoms with Gasteiger partial charge < -0.3 is 9.52 Å². The summed E-state index contributed by atoms with van der Waals surface area (Å²) in [6.45, 7) is 6.40. The minimum Gasteiger partial charge on any atom is -0.424 e. The summed E-state index contributed by atoms with van der Waals surface area (Å²) in [4.78, 5) is 2.30. The Morgan fingerprint density at radius 1 is 1.44 bits per heavy atom. The smallest absolute Gasteiger partial charge is 0.230 e. The minimum atomic E-state index is -0.187. The number of nitrogens with zero attached hydrogens (tertiary/aromatic N) is 3. The molecule has 0 bridgehead atoms. The van der Waals surface area contributed by atoms with E-state index in [1.807, 2.05) is 6.92 Å². The molecule has 5 nitrogen and oxygen atoms in total. The van der Waals surface area contributed by atoms with Crippen LogP contribution in [0.25, 0.3) is 0 Å². The van der Waals surface area contributed by atoms with Crippen molar-refractivity contribution >= 4 is 0 Å². The summed E-state index contributed by atoms with van der Waals surface area (Å²) in [5.74, 6) is 1.75. The van der Waals surface area contributed by atoms with Gasteiger partial charge in [-0.15, -0.1) is 10.2 Å². The molecule has 2 rings (SSSR count). The van der Waals surface area contributed by atoms with Crippen LogP contribution in [0, 0.1) is 12.8 Å². The Labute approximate surface area is 95.5 Å². The van der Waals surface area contributed by atoms with Gasteiger partial charge in [-0.2, -0.15) is 0 Å². The summed E-state index contributed by atoms with van der Waals surface area (Å²) >= 11 is 0. The zero-order valence-electron chi connectivity index (χ0n) is 9.89. The Bertz CT molecular complexity index is 330. The number of aliphatic hydroxyl groups excluding tert-OH is 1. The Kier molecular flexibility index (Phi) is 3.56. The number of piperidine rings is 1. The molecule has 0 radical (unpaired) electrons. The van der Waals surface area contributed by atoms with E-state index in [2.05, 4.69) is 15.1 Å². The van der Waals surface area contributed by atoms with Gasteiger partial charge in [-0.25, -0.2) is 0 Å². The van der Waals surface area contributed by atoms with Gasteiger partial charge in [-0.1, -0.05) is 0 Å². The van der Waals surface area contributed by atoms with Crippen molar-refractivity contribution in [3.05, 3.63) is 11.8 Å². The fourth-order valence-electron chi connectivity index (χ4n) is 2.19. The standard InChI is InChI=1S/C11H19N3O2/c1-8(15)10-3-5-14(6-4-10)7-11-13-12-9(2)16-11/h8,10,15H,3-7H2,1-2H3. The maximum absolute atomic E-state index is 9.50. The molecule has 0 amide bonds. The number of aromatic nitrogens is 2. The SMILES string of the molecule is Cc1nnc(CN2CCC(C(C)O)CC2)o1. The van der Waals surface area contributed by atoms with E-state index in [9.17, 15) is 5.11 Å². The molecule has 0 spiro atoms. The van der Waals surface area contributed by atoms with E-state index in [-0.39, 0.29) is 6.10 Å². The lowest BCUT2D eigenvalue weighted by molar-refractivity contribution is 0.0666. The van der Waals surface area contributed by atoms with Crippen LogP contribution < -0.4 is 0 Å². The van der Waals surface area contributed by atoms with Crippen molar-refractivity contribution in [2.45, 2.75) is 39.3 Å². The first-order chi connectivity index (χ1) is 7.65. The molecular weight excluding hydrogens is 206 g/mol. The van der Waals surface area contributed by atoms with Gasteiger partial charge in [0.05, 0.1) is 12.6 Å². The van der Waals surface area contributed by atoms with E-state index in [1.54, 1.807) is 6.92 Å². The number of hydrogen-bond acceptors (Lipinski definition) is 5. The van der Waals surface area contributed by atoms with E-state index >= 15 is 0 Å². The summed E-state index contributed by atoms with van der Waals surface area (Å²) in [5.41, 5.74) is 0. The Morgan fingerprint density at radius 2 is 2.12 bits per heavy atom. The molecular formula is C11H19N3O2. The van der Waals surface area contributed by atoms with Crippen molar-refractivity contribution in [1.29, 1.82) is 0 Å². The van der Waals surface area contributed by atoms with Crippen molar-refractivity contribution in [3.8, 4) is 0 Å². The molecule has 0 aliphatic carbocycles. The highest BCUT2D eigenvalue weighted by Crippen LogP contribution is 2.21.